The highest BCUT2D eigenvalue weighted by Crippen LogP contribution is 2.07. The van der Waals surface area contributed by atoms with E-state index in [0.29, 0.717) is 0 Å². The molecule has 0 amide bonds. The van der Waals surface area contributed by atoms with Crippen molar-refractivity contribution in [2.24, 2.45) is 0 Å². The van der Waals surface area contributed by atoms with Gasteiger partial charge >= 0.3 is 0 Å². The maximum absolute atomic E-state index is 10.6. The molecular formula is C7H6O2. The van der Waals surface area contributed by atoms with Gasteiger partial charge in [0.05, 0.1) is 5.57 Å². The summed E-state index contributed by atoms with van der Waals surface area (Å²) in [5.74, 6) is -0.356. The van der Waals surface area contributed by atoms with E-state index in [4.69, 9.17) is 0 Å². The molecule has 1 rings (SSSR count). The van der Waals surface area contributed by atoms with E-state index in [9.17, 15) is 9.59 Å². The number of ketones is 2. The first kappa shape index (κ1) is 5.95. The lowest BCUT2D eigenvalue weighted by atomic mass is 10.2. The molecule has 0 atom stereocenters. The molecule has 0 aromatic heterocycles. The zero-order chi connectivity index (χ0) is 6.85. The molecule has 0 spiro atoms. The molecule has 0 radical (unpaired) electrons. The Labute approximate surface area is 52.9 Å². The van der Waals surface area contributed by atoms with Crippen molar-refractivity contribution in [3.05, 3.63) is 23.8 Å². The van der Waals surface area contributed by atoms with Crippen LogP contribution >= 0.6 is 0 Å². The number of rotatable bonds is 0. The van der Waals surface area contributed by atoms with Gasteiger partial charge in [0.25, 0.3) is 0 Å². The summed E-state index contributed by atoms with van der Waals surface area (Å²) >= 11 is 0. The molecule has 0 saturated heterocycles. The van der Waals surface area contributed by atoms with Crippen molar-refractivity contribution >= 4 is 11.6 Å². The third kappa shape index (κ3) is 0.830. The van der Waals surface area contributed by atoms with Crippen LogP contribution in [0.15, 0.2) is 23.8 Å². The summed E-state index contributed by atoms with van der Waals surface area (Å²) in [4.78, 5) is 21.3. The predicted octanol–water partition coefficient (Wildman–Crippen LogP) is 0.641. The molecule has 0 N–H and O–H groups in total. The Morgan fingerprint density at radius 3 is 1.89 bits per heavy atom. The van der Waals surface area contributed by atoms with Gasteiger partial charge in [-0.3, -0.25) is 9.59 Å². The topological polar surface area (TPSA) is 34.1 Å². The Bertz CT molecular complexity index is 201. The monoisotopic (exact) mass is 122 g/mol. The van der Waals surface area contributed by atoms with E-state index < -0.39 is 0 Å². The van der Waals surface area contributed by atoms with Gasteiger partial charge in [-0.1, -0.05) is 6.08 Å². The molecule has 0 saturated carbocycles. The van der Waals surface area contributed by atoms with Gasteiger partial charge in [-0.25, -0.2) is 0 Å². The summed E-state index contributed by atoms with van der Waals surface area (Å²) in [6, 6.07) is 0. The lowest BCUT2D eigenvalue weighted by Crippen LogP contribution is -1.99. The summed E-state index contributed by atoms with van der Waals surface area (Å²) in [6.45, 7) is 1.68. The molecule has 1 aliphatic rings. The molecule has 9 heavy (non-hydrogen) atoms. The van der Waals surface area contributed by atoms with Crippen molar-refractivity contribution in [2.75, 3.05) is 0 Å². The maximum atomic E-state index is 10.6. The van der Waals surface area contributed by atoms with E-state index in [1.165, 1.54) is 18.2 Å². The molecule has 0 heterocycles. The van der Waals surface area contributed by atoms with Gasteiger partial charge in [-0.15, -0.1) is 0 Å². The van der Waals surface area contributed by atoms with Crippen LogP contribution < -0.4 is 0 Å². The zero-order valence-corrected chi connectivity index (χ0v) is 5.05. The van der Waals surface area contributed by atoms with E-state index in [1.807, 2.05) is 0 Å². The number of allylic oxidation sites excluding steroid dienone is 4. The van der Waals surface area contributed by atoms with Crippen LogP contribution in [-0.4, -0.2) is 11.6 Å². The third-order valence-electron chi connectivity index (χ3n) is 1.21. The van der Waals surface area contributed by atoms with E-state index in [2.05, 4.69) is 0 Å². The minimum absolute atomic E-state index is 0.178. The Kier molecular flexibility index (Phi) is 1.30. The number of carbonyl (C=O) groups excluding carboxylic acids is 2. The average Bonchev–Trinajstić information content (AvgIpc) is 2.12. The van der Waals surface area contributed by atoms with Crippen LogP contribution in [0.5, 0.6) is 0 Å². The molecule has 0 unspecified atom stereocenters. The Morgan fingerprint density at radius 1 is 1.22 bits per heavy atom. The predicted molar refractivity (Wildman–Crippen MR) is 32.9 cm³/mol. The van der Waals surface area contributed by atoms with Gasteiger partial charge < -0.3 is 0 Å². The second kappa shape index (κ2) is 1.97. The van der Waals surface area contributed by atoms with Gasteiger partial charge in [0, 0.05) is 0 Å². The highest BCUT2D eigenvalue weighted by Gasteiger charge is 2.17. The van der Waals surface area contributed by atoms with Crippen molar-refractivity contribution in [1.82, 2.24) is 0 Å². The molecule has 1 aliphatic carbocycles. The second-order valence-electron chi connectivity index (χ2n) is 1.76. The van der Waals surface area contributed by atoms with Crippen molar-refractivity contribution in [3.8, 4) is 0 Å². The third-order valence-corrected chi connectivity index (χ3v) is 1.21. The summed E-state index contributed by atoms with van der Waals surface area (Å²) in [7, 11) is 0. The van der Waals surface area contributed by atoms with Gasteiger partial charge in [0.1, 0.15) is 0 Å². The highest BCUT2D eigenvalue weighted by molar-refractivity contribution is 6.33. The van der Waals surface area contributed by atoms with E-state index >= 15 is 0 Å². The van der Waals surface area contributed by atoms with E-state index in [-0.39, 0.29) is 17.1 Å². The van der Waals surface area contributed by atoms with Gasteiger partial charge in [0.15, 0.2) is 11.6 Å². The first-order valence-electron chi connectivity index (χ1n) is 2.68. The fourth-order valence-electron chi connectivity index (χ4n) is 0.737. The lowest BCUT2D eigenvalue weighted by Gasteiger charge is -1.85. The number of carbonyl (C=O) groups is 2. The smallest absolute Gasteiger partial charge is 0.189 e. The molecular weight excluding hydrogens is 116 g/mol. The SMILES string of the molecule is CC=C1C(=O)C=CC1=O. The minimum Gasteiger partial charge on any atom is -0.289 e. The minimum atomic E-state index is -0.178. The van der Waals surface area contributed by atoms with Crippen molar-refractivity contribution < 1.29 is 9.59 Å². The van der Waals surface area contributed by atoms with E-state index in [0.717, 1.165) is 0 Å². The molecule has 0 aromatic carbocycles. The van der Waals surface area contributed by atoms with Crippen LogP contribution in [0.4, 0.5) is 0 Å². The molecule has 0 aliphatic heterocycles. The Hall–Kier alpha value is -1.18. The summed E-state index contributed by atoms with van der Waals surface area (Å²) in [6.07, 6.45) is 4.11. The fraction of sp³-hybridized carbons (Fsp3) is 0.143. The molecule has 46 valence electrons. The van der Waals surface area contributed by atoms with Crippen molar-refractivity contribution in [3.63, 3.8) is 0 Å². The highest BCUT2D eigenvalue weighted by atomic mass is 16.2. The van der Waals surface area contributed by atoms with Crippen LogP contribution in [0, 0.1) is 0 Å². The maximum Gasteiger partial charge on any atom is 0.189 e. The first-order valence-corrected chi connectivity index (χ1v) is 2.68. The Balaban J connectivity index is 3.02. The van der Waals surface area contributed by atoms with Gasteiger partial charge in [-0.2, -0.15) is 0 Å². The molecule has 0 aromatic rings. The average molecular weight is 122 g/mol. The first-order chi connectivity index (χ1) is 4.25. The van der Waals surface area contributed by atoms with Crippen LogP contribution in [0.3, 0.4) is 0 Å². The summed E-state index contributed by atoms with van der Waals surface area (Å²) in [5, 5.41) is 0. The quantitative estimate of drug-likeness (QED) is 0.349. The lowest BCUT2D eigenvalue weighted by molar-refractivity contribution is -0.115. The van der Waals surface area contributed by atoms with Crippen LogP contribution in [0.25, 0.3) is 0 Å². The van der Waals surface area contributed by atoms with E-state index in [1.54, 1.807) is 6.92 Å². The van der Waals surface area contributed by atoms with Crippen LogP contribution in [0.2, 0.25) is 0 Å². The fourth-order valence-corrected chi connectivity index (χ4v) is 0.737. The summed E-state index contributed by atoms with van der Waals surface area (Å²) < 4.78 is 0. The Morgan fingerprint density at radius 2 is 1.67 bits per heavy atom. The number of hydrogen-bond donors (Lipinski definition) is 0. The normalized spacial score (nSPS) is 17.2. The standard InChI is InChI=1S/C7H6O2/c1-2-5-6(8)3-4-7(5)9/h2-4H,1H3. The van der Waals surface area contributed by atoms with Crippen LogP contribution in [0.1, 0.15) is 6.92 Å². The number of hydrogen-bond acceptors (Lipinski definition) is 2. The van der Waals surface area contributed by atoms with Gasteiger partial charge in [-0.05, 0) is 19.1 Å². The summed E-state index contributed by atoms with van der Waals surface area (Å²) in [5.41, 5.74) is 0.287. The molecule has 0 bridgehead atoms. The second-order valence-corrected chi connectivity index (χ2v) is 1.76. The molecule has 2 heteroatoms. The molecule has 0 fully saturated rings. The van der Waals surface area contributed by atoms with Crippen molar-refractivity contribution in [2.45, 2.75) is 6.92 Å². The van der Waals surface area contributed by atoms with Crippen molar-refractivity contribution in [1.29, 1.82) is 0 Å². The largest absolute Gasteiger partial charge is 0.289 e. The van der Waals surface area contributed by atoms with Crippen LogP contribution in [-0.2, 0) is 9.59 Å². The zero-order valence-electron chi connectivity index (χ0n) is 5.05. The van der Waals surface area contributed by atoms with Gasteiger partial charge in [0.2, 0.25) is 0 Å². The molecule has 2 nitrogen and oxygen atoms in total.